The van der Waals surface area contributed by atoms with E-state index < -0.39 is 5.91 Å². The number of rotatable bonds is 7. The molecule has 1 amide bonds. The molecule has 3 rings (SSSR count). The lowest BCUT2D eigenvalue weighted by atomic mass is 9.97. The van der Waals surface area contributed by atoms with E-state index >= 15 is 0 Å². The van der Waals surface area contributed by atoms with Crippen molar-refractivity contribution in [2.75, 3.05) is 6.61 Å². The lowest BCUT2D eigenvalue weighted by Crippen LogP contribution is -2.11. The van der Waals surface area contributed by atoms with Gasteiger partial charge in [-0.15, -0.1) is 0 Å². The van der Waals surface area contributed by atoms with E-state index in [2.05, 4.69) is 11.5 Å². The van der Waals surface area contributed by atoms with E-state index in [-0.39, 0.29) is 12.5 Å². The normalized spacial score (nSPS) is 12.4. The lowest BCUT2D eigenvalue weighted by molar-refractivity contribution is 0.100. The number of benzene rings is 2. The molecule has 3 aromatic rings. The molecule has 2 aromatic carbocycles. The SMILES string of the molecule is CCc1c(CC(C)CO)c2ccc(C(N)=O)cc2n1Cc1ccccc1Cl. The van der Waals surface area contributed by atoms with Gasteiger partial charge in [-0.1, -0.05) is 49.7 Å². The molecule has 0 aliphatic rings. The van der Waals surface area contributed by atoms with Crippen molar-refractivity contribution in [3.05, 3.63) is 69.9 Å². The molecule has 0 radical (unpaired) electrons. The van der Waals surface area contributed by atoms with Crippen molar-refractivity contribution >= 4 is 28.4 Å². The number of primary amides is 1. The van der Waals surface area contributed by atoms with Crippen LogP contribution in [0.1, 0.15) is 41.0 Å². The first-order valence-corrected chi connectivity index (χ1v) is 9.62. The molecule has 0 saturated carbocycles. The first-order chi connectivity index (χ1) is 13.0. The largest absolute Gasteiger partial charge is 0.396 e. The molecule has 1 aromatic heterocycles. The molecule has 1 atom stereocenters. The van der Waals surface area contributed by atoms with Gasteiger partial charge in [-0.3, -0.25) is 4.79 Å². The molecule has 142 valence electrons. The van der Waals surface area contributed by atoms with Crippen LogP contribution in [-0.4, -0.2) is 22.2 Å². The summed E-state index contributed by atoms with van der Waals surface area (Å²) in [5, 5.41) is 11.4. The number of carbonyl (C=O) groups excluding carboxylic acids is 1. The Balaban J connectivity index is 2.23. The van der Waals surface area contributed by atoms with E-state index in [0.29, 0.717) is 12.1 Å². The van der Waals surface area contributed by atoms with Crippen molar-refractivity contribution in [2.45, 2.75) is 33.2 Å². The molecule has 0 spiro atoms. The van der Waals surface area contributed by atoms with Crippen LogP contribution in [0.3, 0.4) is 0 Å². The summed E-state index contributed by atoms with van der Waals surface area (Å²) in [6.07, 6.45) is 1.63. The minimum absolute atomic E-state index is 0.139. The summed E-state index contributed by atoms with van der Waals surface area (Å²) >= 11 is 6.40. The zero-order valence-corrected chi connectivity index (χ0v) is 16.5. The van der Waals surface area contributed by atoms with Gasteiger partial charge >= 0.3 is 0 Å². The van der Waals surface area contributed by atoms with E-state index in [4.69, 9.17) is 17.3 Å². The quantitative estimate of drug-likeness (QED) is 0.641. The Morgan fingerprint density at radius 3 is 2.63 bits per heavy atom. The van der Waals surface area contributed by atoms with E-state index in [1.165, 1.54) is 11.3 Å². The Morgan fingerprint density at radius 1 is 1.26 bits per heavy atom. The predicted octanol–water partition coefficient (Wildman–Crippen LogP) is 4.18. The summed E-state index contributed by atoms with van der Waals surface area (Å²) < 4.78 is 2.22. The second-order valence-corrected chi connectivity index (χ2v) is 7.45. The van der Waals surface area contributed by atoms with Gasteiger partial charge in [0.15, 0.2) is 0 Å². The number of hydrogen-bond donors (Lipinski definition) is 2. The molecule has 0 bridgehead atoms. The number of fused-ring (bicyclic) bond motifs is 1. The maximum Gasteiger partial charge on any atom is 0.248 e. The topological polar surface area (TPSA) is 68.2 Å². The van der Waals surface area contributed by atoms with Crippen molar-refractivity contribution in [3.8, 4) is 0 Å². The monoisotopic (exact) mass is 384 g/mol. The number of aliphatic hydroxyl groups is 1. The van der Waals surface area contributed by atoms with Crippen LogP contribution in [0.5, 0.6) is 0 Å². The van der Waals surface area contributed by atoms with Crippen LogP contribution < -0.4 is 5.73 Å². The molecule has 0 aliphatic carbocycles. The summed E-state index contributed by atoms with van der Waals surface area (Å²) in [5.74, 6) is -0.281. The van der Waals surface area contributed by atoms with E-state index in [0.717, 1.165) is 34.3 Å². The highest BCUT2D eigenvalue weighted by atomic mass is 35.5. The maximum atomic E-state index is 11.7. The Kier molecular flexibility index (Phi) is 5.88. The van der Waals surface area contributed by atoms with Crippen LogP contribution in [0, 0.1) is 5.92 Å². The Labute approximate surface area is 164 Å². The molecule has 1 heterocycles. The third kappa shape index (κ3) is 3.87. The van der Waals surface area contributed by atoms with Crippen LogP contribution >= 0.6 is 11.6 Å². The zero-order chi connectivity index (χ0) is 19.6. The van der Waals surface area contributed by atoms with Gasteiger partial charge in [0.2, 0.25) is 5.91 Å². The van der Waals surface area contributed by atoms with Crippen molar-refractivity contribution in [2.24, 2.45) is 11.7 Å². The molecule has 1 unspecified atom stereocenters. The highest BCUT2D eigenvalue weighted by molar-refractivity contribution is 6.31. The van der Waals surface area contributed by atoms with Gasteiger partial charge in [-0.2, -0.15) is 0 Å². The fraction of sp³-hybridized carbons (Fsp3) is 0.318. The molecule has 0 fully saturated rings. The predicted molar refractivity (Wildman–Crippen MR) is 110 cm³/mol. The minimum Gasteiger partial charge on any atom is -0.396 e. The number of halogens is 1. The van der Waals surface area contributed by atoms with Gasteiger partial charge in [0.05, 0.1) is 0 Å². The van der Waals surface area contributed by atoms with E-state index in [1.54, 1.807) is 6.07 Å². The fourth-order valence-electron chi connectivity index (χ4n) is 3.65. The van der Waals surface area contributed by atoms with Crippen LogP contribution in [0.15, 0.2) is 42.5 Å². The van der Waals surface area contributed by atoms with E-state index in [9.17, 15) is 9.90 Å². The Morgan fingerprint density at radius 2 is 2.00 bits per heavy atom. The van der Waals surface area contributed by atoms with E-state index in [1.807, 2.05) is 43.3 Å². The molecule has 27 heavy (non-hydrogen) atoms. The third-order valence-electron chi connectivity index (χ3n) is 5.06. The van der Waals surface area contributed by atoms with Crippen LogP contribution in [-0.2, 0) is 19.4 Å². The fourth-order valence-corrected chi connectivity index (χ4v) is 3.85. The molecule has 0 saturated heterocycles. The molecule has 3 N–H and O–H groups in total. The lowest BCUT2D eigenvalue weighted by Gasteiger charge is -2.13. The first kappa shape index (κ1) is 19.5. The van der Waals surface area contributed by atoms with Gasteiger partial charge < -0.3 is 15.4 Å². The number of hydrogen-bond acceptors (Lipinski definition) is 2. The number of nitrogens with two attached hydrogens (primary N) is 1. The van der Waals surface area contributed by atoms with Crippen LogP contribution in [0.4, 0.5) is 0 Å². The smallest absolute Gasteiger partial charge is 0.248 e. The summed E-state index contributed by atoms with van der Waals surface area (Å²) in [5.41, 5.74) is 10.4. The maximum absolute atomic E-state index is 11.7. The Hall–Kier alpha value is -2.30. The molecule has 5 heteroatoms. The van der Waals surface area contributed by atoms with Gasteiger partial charge in [-0.05, 0) is 48.1 Å². The van der Waals surface area contributed by atoms with Gasteiger partial charge in [0.25, 0.3) is 0 Å². The molecule has 4 nitrogen and oxygen atoms in total. The minimum atomic E-state index is -0.439. The Bertz CT molecular complexity index is 978. The standard InChI is InChI=1S/C22H25ClN2O2/c1-3-20-18(10-14(2)13-26)17-9-8-15(22(24)27)11-21(17)25(20)12-16-6-4-5-7-19(16)23/h4-9,11,14,26H,3,10,12-13H2,1-2H3,(H2,24,27). The second-order valence-electron chi connectivity index (χ2n) is 7.04. The summed E-state index contributed by atoms with van der Waals surface area (Å²) in [7, 11) is 0. The van der Waals surface area contributed by atoms with Crippen molar-refractivity contribution < 1.29 is 9.90 Å². The summed E-state index contributed by atoms with van der Waals surface area (Å²) in [4.78, 5) is 11.7. The highest BCUT2D eigenvalue weighted by Gasteiger charge is 2.19. The van der Waals surface area contributed by atoms with Crippen LogP contribution in [0.25, 0.3) is 10.9 Å². The number of aliphatic hydroxyl groups excluding tert-OH is 1. The number of aromatic nitrogens is 1. The van der Waals surface area contributed by atoms with Gasteiger partial charge in [-0.25, -0.2) is 0 Å². The van der Waals surface area contributed by atoms with Gasteiger partial charge in [0, 0.05) is 40.3 Å². The third-order valence-corrected chi connectivity index (χ3v) is 5.43. The number of nitrogens with zero attached hydrogens (tertiary/aromatic N) is 1. The highest BCUT2D eigenvalue weighted by Crippen LogP contribution is 2.31. The second kappa shape index (κ2) is 8.15. The summed E-state index contributed by atoms with van der Waals surface area (Å²) in [6, 6.07) is 13.4. The van der Waals surface area contributed by atoms with Crippen molar-refractivity contribution in [3.63, 3.8) is 0 Å². The first-order valence-electron chi connectivity index (χ1n) is 9.24. The summed E-state index contributed by atoms with van der Waals surface area (Å²) in [6.45, 7) is 4.92. The average molecular weight is 385 g/mol. The molecular weight excluding hydrogens is 360 g/mol. The van der Waals surface area contributed by atoms with Crippen molar-refractivity contribution in [1.82, 2.24) is 4.57 Å². The molecular formula is C22H25ClN2O2. The number of carbonyl (C=O) groups is 1. The zero-order valence-electron chi connectivity index (χ0n) is 15.7. The van der Waals surface area contributed by atoms with Crippen molar-refractivity contribution in [1.29, 1.82) is 0 Å². The average Bonchev–Trinajstić information content (AvgIpc) is 2.95. The van der Waals surface area contributed by atoms with Crippen LogP contribution in [0.2, 0.25) is 5.02 Å². The van der Waals surface area contributed by atoms with Gasteiger partial charge in [0.1, 0.15) is 0 Å². The number of amides is 1. The molecule has 0 aliphatic heterocycles.